The van der Waals surface area contributed by atoms with Gasteiger partial charge in [0.05, 0.1) is 13.2 Å². The molecule has 2 rings (SSSR count). The highest BCUT2D eigenvalue weighted by atomic mass is 32.1. The van der Waals surface area contributed by atoms with Crippen LogP contribution in [0.25, 0.3) is 0 Å². The molecule has 0 fully saturated rings. The lowest BCUT2D eigenvalue weighted by molar-refractivity contribution is -0.141. The van der Waals surface area contributed by atoms with E-state index in [1.165, 1.54) is 13.2 Å². The Labute approximate surface area is 127 Å². The molecule has 0 saturated heterocycles. The number of carboxylic acid groups (broad SMARTS) is 1. The fourth-order valence-corrected chi connectivity index (χ4v) is 2.75. The molecule has 2 unspecified atom stereocenters. The number of hydrogen-bond acceptors (Lipinski definition) is 4. The van der Waals surface area contributed by atoms with Crippen molar-refractivity contribution in [2.75, 3.05) is 14.2 Å². The molecule has 0 radical (unpaired) electrons. The molecule has 6 nitrogen and oxygen atoms in total. The van der Waals surface area contributed by atoms with E-state index in [0.29, 0.717) is 22.1 Å². The smallest absolute Gasteiger partial charge is 0.314 e. The molecule has 21 heavy (non-hydrogen) atoms. The lowest BCUT2D eigenvalue weighted by atomic mass is 9.87. The quantitative estimate of drug-likeness (QED) is 0.829. The first-order chi connectivity index (χ1) is 9.86. The first-order valence-electron chi connectivity index (χ1n) is 6.28. The second-order valence-electron chi connectivity index (χ2n) is 4.84. The third-order valence-electron chi connectivity index (χ3n) is 3.57. The van der Waals surface area contributed by atoms with Crippen molar-refractivity contribution >= 4 is 29.0 Å². The topological polar surface area (TPSA) is 82.4 Å². The third-order valence-corrected chi connectivity index (χ3v) is 3.95. The summed E-state index contributed by atoms with van der Waals surface area (Å²) in [7, 11) is 3.15. The van der Waals surface area contributed by atoms with Crippen LogP contribution in [0.2, 0.25) is 0 Å². The molecule has 1 aliphatic rings. The molecule has 1 heterocycles. The summed E-state index contributed by atoms with van der Waals surface area (Å²) in [6.45, 7) is 1.65. The zero-order valence-corrected chi connectivity index (χ0v) is 12.7. The molecule has 0 saturated carbocycles. The van der Waals surface area contributed by atoms with Crippen molar-refractivity contribution in [3.63, 3.8) is 0 Å². The highest BCUT2D eigenvalue weighted by Crippen LogP contribution is 2.37. The number of nitrogens with zero attached hydrogens (tertiary/aromatic N) is 2. The number of benzene rings is 1. The van der Waals surface area contributed by atoms with Crippen LogP contribution in [0.4, 0.5) is 0 Å². The van der Waals surface area contributed by atoms with Crippen LogP contribution in [0.3, 0.4) is 0 Å². The largest absolute Gasteiger partial charge is 0.504 e. The van der Waals surface area contributed by atoms with Crippen LogP contribution < -0.4 is 4.74 Å². The zero-order chi connectivity index (χ0) is 15.7. The number of phenolic OH excluding ortho intramolecular Hbond substituents is 1. The molecule has 0 aromatic heterocycles. The lowest BCUT2D eigenvalue weighted by Crippen LogP contribution is -2.44. The SMILES string of the molecule is COc1ccc(C2C(C(=O)O)C(C)=NC(=S)N2C)cc1O. The average molecular weight is 308 g/mol. The van der Waals surface area contributed by atoms with E-state index in [0.717, 1.165) is 0 Å². The molecule has 0 aliphatic carbocycles. The molecule has 0 amide bonds. The van der Waals surface area contributed by atoms with E-state index in [-0.39, 0.29) is 5.75 Å². The van der Waals surface area contributed by atoms with E-state index in [1.54, 1.807) is 31.0 Å². The number of methoxy groups -OCH3 is 1. The van der Waals surface area contributed by atoms with Crippen LogP contribution in [0.1, 0.15) is 18.5 Å². The number of thiocarbonyl (C=S) groups is 1. The van der Waals surface area contributed by atoms with Gasteiger partial charge in [-0.15, -0.1) is 0 Å². The Bertz CT molecular complexity index is 629. The van der Waals surface area contributed by atoms with Gasteiger partial charge >= 0.3 is 5.97 Å². The molecular weight excluding hydrogens is 292 g/mol. The number of ether oxygens (including phenoxy) is 1. The van der Waals surface area contributed by atoms with Gasteiger partial charge in [-0.1, -0.05) is 6.07 Å². The summed E-state index contributed by atoms with van der Waals surface area (Å²) in [4.78, 5) is 17.3. The van der Waals surface area contributed by atoms with Crippen LogP contribution in [0.15, 0.2) is 23.2 Å². The van der Waals surface area contributed by atoms with Gasteiger partial charge in [-0.25, -0.2) is 4.99 Å². The zero-order valence-electron chi connectivity index (χ0n) is 11.9. The highest BCUT2D eigenvalue weighted by molar-refractivity contribution is 7.80. The fourth-order valence-electron chi connectivity index (χ4n) is 2.49. The maximum atomic E-state index is 11.6. The van der Waals surface area contributed by atoms with Crippen LogP contribution in [-0.4, -0.2) is 46.1 Å². The van der Waals surface area contributed by atoms with Gasteiger partial charge in [0, 0.05) is 12.8 Å². The standard InChI is InChI=1S/C14H16N2O4S/c1-7-11(13(18)19)12(16(2)14(21)15-7)8-4-5-10(20-3)9(17)6-8/h4-6,11-12,17H,1-3H3,(H,18,19). The molecule has 0 spiro atoms. The number of carboxylic acids is 1. The van der Waals surface area contributed by atoms with Crippen molar-refractivity contribution in [2.24, 2.45) is 10.9 Å². The minimum atomic E-state index is -0.981. The first kappa shape index (κ1) is 15.2. The monoisotopic (exact) mass is 308 g/mol. The summed E-state index contributed by atoms with van der Waals surface area (Å²) in [5, 5.41) is 19.7. The molecular formula is C14H16N2O4S. The van der Waals surface area contributed by atoms with E-state index in [2.05, 4.69) is 4.99 Å². The number of rotatable bonds is 3. The molecule has 112 valence electrons. The first-order valence-corrected chi connectivity index (χ1v) is 6.69. The minimum Gasteiger partial charge on any atom is -0.504 e. The molecule has 7 heteroatoms. The van der Waals surface area contributed by atoms with Crippen molar-refractivity contribution in [3.8, 4) is 11.5 Å². The number of aliphatic carboxylic acids is 1. The molecule has 1 aromatic carbocycles. The molecule has 1 aromatic rings. The van der Waals surface area contributed by atoms with Crippen molar-refractivity contribution < 1.29 is 19.7 Å². The van der Waals surface area contributed by atoms with Crippen LogP contribution in [0.5, 0.6) is 11.5 Å². The van der Waals surface area contributed by atoms with E-state index < -0.39 is 17.9 Å². The Hall–Kier alpha value is -2.15. The van der Waals surface area contributed by atoms with Gasteiger partial charge in [0.15, 0.2) is 16.6 Å². The Balaban J connectivity index is 2.52. The number of aliphatic imine (C=N–C) groups is 1. The summed E-state index contributed by atoms with van der Waals surface area (Å²) in [5.74, 6) is -1.52. The van der Waals surface area contributed by atoms with Gasteiger partial charge in [-0.05, 0) is 36.8 Å². The molecule has 2 N–H and O–H groups in total. The normalized spacial score (nSPS) is 22.0. The Morgan fingerprint density at radius 3 is 2.67 bits per heavy atom. The minimum absolute atomic E-state index is 0.0429. The van der Waals surface area contributed by atoms with Crippen LogP contribution in [0, 0.1) is 5.92 Å². The number of aromatic hydroxyl groups is 1. The second-order valence-corrected chi connectivity index (χ2v) is 5.20. The van der Waals surface area contributed by atoms with Crippen molar-refractivity contribution in [3.05, 3.63) is 23.8 Å². The average Bonchev–Trinajstić information content (AvgIpc) is 2.41. The van der Waals surface area contributed by atoms with Crippen molar-refractivity contribution in [1.82, 2.24) is 4.90 Å². The van der Waals surface area contributed by atoms with Gasteiger partial charge in [0.1, 0.15) is 5.92 Å². The highest BCUT2D eigenvalue weighted by Gasteiger charge is 2.39. The number of hydrogen-bond donors (Lipinski definition) is 2. The Kier molecular flexibility index (Phi) is 4.13. The van der Waals surface area contributed by atoms with Gasteiger partial charge in [-0.3, -0.25) is 4.79 Å². The number of carbonyl (C=O) groups is 1. The summed E-state index contributed by atoms with van der Waals surface area (Å²) >= 11 is 5.16. The maximum absolute atomic E-state index is 11.6. The fraction of sp³-hybridized carbons (Fsp3) is 0.357. The van der Waals surface area contributed by atoms with Crippen molar-refractivity contribution in [1.29, 1.82) is 0 Å². The molecule has 2 atom stereocenters. The van der Waals surface area contributed by atoms with Gasteiger partial charge in [-0.2, -0.15) is 0 Å². The van der Waals surface area contributed by atoms with Gasteiger partial charge in [0.2, 0.25) is 0 Å². The molecule has 0 bridgehead atoms. The molecule has 1 aliphatic heterocycles. The lowest BCUT2D eigenvalue weighted by Gasteiger charge is -2.37. The summed E-state index contributed by atoms with van der Waals surface area (Å²) in [5.41, 5.74) is 1.09. The summed E-state index contributed by atoms with van der Waals surface area (Å²) < 4.78 is 5.00. The predicted octanol–water partition coefficient (Wildman–Crippen LogP) is 1.83. The van der Waals surface area contributed by atoms with E-state index in [4.69, 9.17) is 17.0 Å². The second kappa shape index (κ2) is 5.69. The van der Waals surface area contributed by atoms with Crippen molar-refractivity contribution in [2.45, 2.75) is 13.0 Å². The van der Waals surface area contributed by atoms with E-state index >= 15 is 0 Å². The maximum Gasteiger partial charge on any atom is 0.314 e. The predicted molar refractivity (Wildman–Crippen MR) is 82.0 cm³/mol. The van der Waals surface area contributed by atoms with Gasteiger partial charge < -0.3 is 19.8 Å². The van der Waals surface area contributed by atoms with E-state index in [1.807, 2.05) is 0 Å². The Morgan fingerprint density at radius 2 is 2.14 bits per heavy atom. The number of phenols is 1. The summed E-state index contributed by atoms with van der Waals surface area (Å²) in [6, 6.07) is 4.29. The van der Waals surface area contributed by atoms with Gasteiger partial charge in [0.25, 0.3) is 0 Å². The van der Waals surface area contributed by atoms with E-state index in [9.17, 15) is 15.0 Å². The van der Waals surface area contributed by atoms with Crippen LogP contribution in [-0.2, 0) is 4.79 Å². The Morgan fingerprint density at radius 1 is 1.48 bits per heavy atom. The van der Waals surface area contributed by atoms with Crippen LogP contribution >= 0.6 is 12.2 Å². The third kappa shape index (κ3) is 2.69. The summed E-state index contributed by atoms with van der Waals surface area (Å²) in [6.07, 6.45) is 0.